The standard InChI is InChI=1S/C16H24N2S/c1-4-10-18(5-2)12-14-13-8-6-7-9-15(13)19-16(14)11-17-3/h6-9,17H,4-5,10-12H2,1-3H3. The zero-order valence-electron chi connectivity index (χ0n) is 12.2. The normalized spacial score (nSPS) is 11.6. The maximum atomic E-state index is 3.30. The van der Waals surface area contributed by atoms with E-state index in [4.69, 9.17) is 0 Å². The molecule has 0 aliphatic heterocycles. The molecule has 0 atom stereocenters. The van der Waals surface area contributed by atoms with E-state index in [0.717, 1.165) is 19.6 Å². The number of hydrogen-bond acceptors (Lipinski definition) is 3. The molecular weight excluding hydrogens is 252 g/mol. The molecule has 1 aromatic carbocycles. The lowest BCUT2D eigenvalue weighted by atomic mass is 10.1. The summed E-state index contributed by atoms with van der Waals surface area (Å²) in [6, 6.07) is 8.78. The Kier molecular flexibility index (Phi) is 5.37. The minimum Gasteiger partial charge on any atom is -0.315 e. The predicted octanol–water partition coefficient (Wildman–Crippen LogP) is 3.85. The molecule has 19 heavy (non-hydrogen) atoms. The number of fused-ring (bicyclic) bond motifs is 1. The molecule has 0 spiro atoms. The monoisotopic (exact) mass is 276 g/mol. The Morgan fingerprint density at radius 3 is 2.68 bits per heavy atom. The fraction of sp³-hybridized carbons (Fsp3) is 0.500. The van der Waals surface area contributed by atoms with E-state index in [-0.39, 0.29) is 0 Å². The van der Waals surface area contributed by atoms with Gasteiger partial charge in [-0.25, -0.2) is 0 Å². The van der Waals surface area contributed by atoms with E-state index in [1.165, 1.54) is 33.5 Å². The third-order valence-electron chi connectivity index (χ3n) is 3.49. The molecule has 1 heterocycles. The lowest BCUT2D eigenvalue weighted by molar-refractivity contribution is 0.281. The summed E-state index contributed by atoms with van der Waals surface area (Å²) in [7, 11) is 2.03. The number of hydrogen-bond donors (Lipinski definition) is 1. The summed E-state index contributed by atoms with van der Waals surface area (Å²) >= 11 is 1.93. The Bertz CT molecular complexity index is 518. The Labute approximate surface area is 120 Å². The van der Waals surface area contributed by atoms with E-state index in [1.54, 1.807) is 0 Å². The van der Waals surface area contributed by atoms with E-state index in [9.17, 15) is 0 Å². The Balaban J connectivity index is 2.35. The molecule has 1 N–H and O–H groups in total. The van der Waals surface area contributed by atoms with Gasteiger partial charge in [-0.1, -0.05) is 32.0 Å². The fourth-order valence-electron chi connectivity index (χ4n) is 2.51. The molecule has 0 saturated carbocycles. The molecule has 0 bridgehead atoms. The summed E-state index contributed by atoms with van der Waals surface area (Å²) in [5.41, 5.74) is 1.52. The SMILES string of the molecule is CCCN(CC)Cc1c(CNC)sc2ccccc12. The van der Waals surface area contributed by atoms with Gasteiger partial charge in [0.1, 0.15) is 0 Å². The molecule has 104 valence electrons. The molecule has 0 aliphatic carbocycles. The van der Waals surface area contributed by atoms with E-state index < -0.39 is 0 Å². The first-order valence-electron chi connectivity index (χ1n) is 7.16. The van der Waals surface area contributed by atoms with Crippen molar-refractivity contribution in [2.75, 3.05) is 20.1 Å². The summed E-state index contributed by atoms with van der Waals surface area (Å²) < 4.78 is 1.41. The molecule has 0 amide bonds. The van der Waals surface area contributed by atoms with Crippen LogP contribution in [-0.4, -0.2) is 25.0 Å². The third kappa shape index (κ3) is 3.35. The second-order valence-electron chi connectivity index (χ2n) is 4.90. The second-order valence-corrected chi connectivity index (χ2v) is 6.04. The van der Waals surface area contributed by atoms with Gasteiger partial charge < -0.3 is 5.32 Å². The van der Waals surface area contributed by atoms with E-state index >= 15 is 0 Å². The van der Waals surface area contributed by atoms with Crippen LogP contribution in [0.3, 0.4) is 0 Å². The van der Waals surface area contributed by atoms with Crippen LogP contribution in [0.1, 0.15) is 30.7 Å². The zero-order valence-corrected chi connectivity index (χ0v) is 13.0. The fourth-order valence-corrected chi connectivity index (χ4v) is 3.74. The van der Waals surface area contributed by atoms with Crippen molar-refractivity contribution in [3.8, 4) is 0 Å². The van der Waals surface area contributed by atoms with E-state index in [2.05, 4.69) is 48.3 Å². The van der Waals surface area contributed by atoms with Gasteiger partial charge in [-0.15, -0.1) is 11.3 Å². The van der Waals surface area contributed by atoms with Crippen molar-refractivity contribution in [3.05, 3.63) is 34.7 Å². The van der Waals surface area contributed by atoms with Gasteiger partial charge >= 0.3 is 0 Å². The highest BCUT2D eigenvalue weighted by atomic mass is 32.1. The predicted molar refractivity (Wildman–Crippen MR) is 85.8 cm³/mol. The highest BCUT2D eigenvalue weighted by molar-refractivity contribution is 7.19. The lowest BCUT2D eigenvalue weighted by Gasteiger charge is -2.20. The second kappa shape index (κ2) is 7.04. The van der Waals surface area contributed by atoms with Crippen molar-refractivity contribution in [1.82, 2.24) is 10.2 Å². The topological polar surface area (TPSA) is 15.3 Å². The highest BCUT2D eigenvalue weighted by Gasteiger charge is 2.13. The Morgan fingerprint density at radius 2 is 2.00 bits per heavy atom. The van der Waals surface area contributed by atoms with E-state index in [0.29, 0.717) is 0 Å². The summed E-state index contributed by atoms with van der Waals surface area (Å²) in [6.07, 6.45) is 1.22. The van der Waals surface area contributed by atoms with Crippen LogP contribution in [0.5, 0.6) is 0 Å². The van der Waals surface area contributed by atoms with E-state index in [1.807, 2.05) is 18.4 Å². The molecule has 2 aromatic rings. The summed E-state index contributed by atoms with van der Waals surface area (Å²) in [5, 5.41) is 4.74. The van der Waals surface area contributed by atoms with Crippen LogP contribution in [-0.2, 0) is 13.1 Å². The Morgan fingerprint density at radius 1 is 1.21 bits per heavy atom. The van der Waals surface area contributed by atoms with Gasteiger partial charge in [-0.2, -0.15) is 0 Å². The molecule has 2 rings (SSSR count). The Hall–Kier alpha value is -0.900. The van der Waals surface area contributed by atoms with Gasteiger partial charge in [0.25, 0.3) is 0 Å². The molecular formula is C16H24N2S. The van der Waals surface area contributed by atoms with Crippen LogP contribution in [0.2, 0.25) is 0 Å². The summed E-state index contributed by atoms with van der Waals surface area (Å²) in [6.45, 7) is 8.85. The molecule has 0 fully saturated rings. The van der Waals surface area contributed by atoms with Gasteiger partial charge in [-0.05, 0) is 43.6 Å². The molecule has 0 unspecified atom stereocenters. The van der Waals surface area contributed by atoms with Crippen molar-refractivity contribution in [2.45, 2.75) is 33.4 Å². The van der Waals surface area contributed by atoms with Gasteiger partial charge in [0, 0.05) is 22.7 Å². The van der Waals surface area contributed by atoms with Crippen molar-refractivity contribution >= 4 is 21.4 Å². The van der Waals surface area contributed by atoms with Crippen LogP contribution >= 0.6 is 11.3 Å². The number of thiophene rings is 1. The maximum Gasteiger partial charge on any atom is 0.0349 e. The molecule has 0 saturated heterocycles. The molecule has 1 aromatic heterocycles. The third-order valence-corrected chi connectivity index (χ3v) is 4.70. The van der Waals surface area contributed by atoms with Crippen molar-refractivity contribution < 1.29 is 0 Å². The minimum absolute atomic E-state index is 0.971. The molecule has 0 radical (unpaired) electrons. The average Bonchev–Trinajstić information content (AvgIpc) is 2.77. The summed E-state index contributed by atoms with van der Waals surface area (Å²) in [5.74, 6) is 0. The first kappa shape index (κ1) is 14.5. The van der Waals surface area contributed by atoms with Gasteiger partial charge in [-0.3, -0.25) is 4.90 Å². The number of nitrogens with zero attached hydrogens (tertiary/aromatic N) is 1. The maximum absolute atomic E-state index is 3.30. The van der Waals surface area contributed by atoms with Gasteiger partial charge in [0.15, 0.2) is 0 Å². The van der Waals surface area contributed by atoms with Crippen molar-refractivity contribution in [3.63, 3.8) is 0 Å². The smallest absolute Gasteiger partial charge is 0.0349 e. The quantitative estimate of drug-likeness (QED) is 0.826. The average molecular weight is 276 g/mol. The minimum atomic E-state index is 0.971. The highest BCUT2D eigenvalue weighted by Crippen LogP contribution is 2.32. The van der Waals surface area contributed by atoms with Gasteiger partial charge in [0.05, 0.1) is 0 Å². The number of rotatable bonds is 7. The lowest BCUT2D eigenvalue weighted by Crippen LogP contribution is -2.24. The van der Waals surface area contributed by atoms with Crippen LogP contribution < -0.4 is 5.32 Å². The van der Waals surface area contributed by atoms with Crippen LogP contribution in [0.4, 0.5) is 0 Å². The number of nitrogens with one attached hydrogen (secondary N) is 1. The van der Waals surface area contributed by atoms with Crippen LogP contribution in [0.25, 0.3) is 10.1 Å². The molecule has 0 aliphatic rings. The molecule has 3 heteroatoms. The first-order valence-corrected chi connectivity index (χ1v) is 7.98. The van der Waals surface area contributed by atoms with Gasteiger partial charge in [0.2, 0.25) is 0 Å². The molecule has 2 nitrogen and oxygen atoms in total. The van der Waals surface area contributed by atoms with Crippen LogP contribution in [0.15, 0.2) is 24.3 Å². The van der Waals surface area contributed by atoms with Crippen molar-refractivity contribution in [2.24, 2.45) is 0 Å². The number of benzene rings is 1. The zero-order chi connectivity index (χ0) is 13.7. The first-order chi connectivity index (χ1) is 9.30. The summed E-state index contributed by atoms with van der Waals surface area (Å²) in [4.78, 5) is 4.02. The largest absolute Gasteiger partial charge is 0.315 e. The van der Waals surface area contributed by atoms with Crippen molar-refractivity contribution in [1.29, 1.82) is 0 Å². The van der Waals surface area contributed by atoms with Crippen LogP contribution in [0, 0.1) is 0 Å².